The summed E-state index contributed by atoms with van der Waals surface area (Å²) < 4.78 is 0. The molecule has 0 heterocycles. The minimum absolute atomic E-state index is 0. The standard InChI is InChI=1S/9C4H8O2.3Al/c9*1-2-3-4(5)6;;;/h9*2-3H2,1H3,(H,5,6);;;/q;;;;;;;;;3*+3/p-9. The van der Waals surface area contributed by atoms with E-state index in [9.17, 15) is 89.1 Å². The summed E-state index contributed by atoms with van der Waals surface area (Å²) in [5, 5.41) is 85.4. The van der Waals surface area contributed by atoms with Crippen molar-refractivity contribution in [2.75, 3.05) is 0 Å². The van der Waals surface area contributed by atoms with Crippen LogP contribution in [-0.2, 0) is 43.2 Å². The molecule has 0 aliphatic carbocycles. The van der Waals surface area contributed by atoms with Crippen LogP contribution in [0.5, 0.6) is 0 Å². The largest absolute Gasteiger partial charge is 3.00 e. The maximum Gasteiger partial charge on any atom is 3.00 e. The topological polar surface area (TPSA) is 361 Å². The second-order valence-electron chi connectivity index (χ2n) is 10.1. The second kappa shape index (κ2) is 81.1. The minimum atomic E-state index is -0.961. The van der Waals surface area contributed by atoms with Gasteiger partial charge in [0.2, 0.25) is 0 Å². The third-order valence-electron chi connectivity index (χ3n) is 4.09. The zero-order chi connectivity index (χ0) is 44.9. The van der Waals surface area contributed by atoms with Crippen LogP contribution in [0.15, 0.2) is 0 Å². The smallest absolute Gasteiger partial charge is 0.550 e. The molecule has 0 saturated carbocycles. The summed E-state index contributed by atoms with van der Waals surface area (Å²) in [5.74, 6) is -8.65. The van der Waals surface area contributed by atoms with Crippen molar-refractivity contribution in [3.05, 3.63) is 0 Å². The van der Waals surface area contributed by atoms with Crippen LogP contribution < -0.4 is 46.0 Å². The molecule has 0 amide bonds. The molecule has 0 rings (SSSR count). The van der Waals surface area contributed by atoms with Crippen molar-refractivity contribution in [1.82, 2.24) is 0 Å². The van der Waals surface area contributed by atoms with E-state index in [0.717, 1.165) is 0 Å². The average Bonchev–Trinajstić information content (AvgIpc) is 2.99. The van der Waals surface area contributed by atoms with Gasteiger partial charge in [-0.3, -0.25) is 0 Å². The van der Waals surface area contributed by atoms with E-state index in [1.165, 1.54) is 0 Å². The zero-order valence-corrected chi connectivity index (χ0v) is 38.8. The Hall–Kier alpha value is -3.17. The number of carboxylic acids is 9. The number of rotatable bonds is 18. The van der Waals surface area contributed by atoms with Crippen LogP contribution >= 0.6 is 0 Å². The van der Waals surface area contributed by atoms with Crippen molar-refractivity contribution in [2.45, 2.75) is 178 Å². The summed E-state index contributed by atoms with van der Waals surface area (Å²) in [6.07, 6.45) is 7.65. The van der Waals surface area contributed by atoms with E-state index in [4.69, 9.17) is 0 Å². The van der Waals surface area contributed by atoms with E-state index >= 15 is 0 Å². The van der Waals surface area contributed by atoms with Gasteiger partial charge in [0.1, 0.15) is 0 Å². The first-order valence-corrected chi connectivity index (χ1v) is 17.7. The van der Waals surface area contributed by atoms with E-state index in [-0.39, 0.29) is 110 Å². The maximum atomic E-state index is 9.49. The first kappa shape index (κ1) is 85.9. The zero-order valence-electron chi connectivity index (χ0n) is 35.3. The van der Waals surface area contributed by atoms with Crippen molar-refractivity contribution in [3.63, 3.8) is 0 Å². The van der Waals surface area contributed by atoms with Crippen molar-refractivity contribution in [3.8, 4) is 0 Å². The molecule has 0 aromatic carbocycles. The van der Waals surface area contributed by atoms with Gasteiger partial charge in [-0.2, -0.15) is 0 Å². The number of carbonyl (C=O) groups is 9. The van der Waals surface area contributed by atoms with Crippen molar-refractivity contribution in [2.24, 2.45) is 0 Å². The first-order valence-electron chi connectivity index (χ1n) is 17.7. The van der Waals surface area contributed by atoms with Gasteiger partial charge in [0.05, 0.1) is 0 Å². The van der Waals surface area contributed by atoms with Crippen LogP contribution in [0.25, 0.3) is 0 Å². The predicted octanol–water partition coefficient (Wildman–Crippen LogP) is -5.31. The van der Waals surface area contributed by atoms with Crippen molar-refractivity contribution in [1.29, 1.82) is 0 Å². The molecular formula is C36H63Al3O18. The number of carbonyl (C=O) groups excluding carboxylic acids is 9. The Morgan fingerprint density at radius 2 is 0.263 bits per heavy atom. The van der Waals surface area contributed by atoms with Gasteiger partial charge in [-0.1, -0.05) is 120 Å². The molecule has 0 saturated heterocycles. The van der Waals surface area contributed by atoms with E-state index in [2.05, 4.69) is 0 Å². The van der Waals surface area contributed by atoms with Gasteiger partial charge in [0, 0.05) is 53.7 Å². The Morgan fingerprint density at radius 3 is 0.263 bits per heavy atom. The van der Waals surface area contributed by atoms with Gasteiger partial charge < -0.3 is 89.1 Å². The summed E-state index contributed by atoms with van der Waals surface area (Å²) in [5.41, 5.74) is 0. The molecule has 0 radical (unpaired) electrons. The van der Waals surface area contributed by atoms with Crippen molar-refractivity contribution < 1.29 is 89.1 Å². The predicted molar refractivity (Wildman–Crippen MR) is 196 cm³/mol. The summed E-state index contributed by atoms with van der Waals surface area (Å²) in [6, 6.07) is 0. The Labute approximate surface area is 371 Å². The quantitative estimate of drug-likeness (QED) is 0.116. The van der Waals surface area contributed by atoms with E-state index < -0.39 is 53.7 Å². The van der Waals surface area contributed by atoms with Gasteiger partial charge in [0.15, 0.2) is 0 Å². The molecule has 0 unspecified atom stereocenters. The number of carboxylic acid groups (broad SMARTS) is 9. The first-order chi connectivity index (χ1) is 24.9. The molecule has 0 aliphatic heterocycles. The Kier molecular flexibility index (Phi) is 122. The molecule has 57 heavy (non-hydrogen) atoms. The molecule has 18 nitrogen and oxygen atoms in total. The van der Waals surface area contributed by atoms with Gasteiger partial charge in [0.25, 0.3) is 0 Å². The molecule has 0 bridgehead atoms. The molecule has 0 spiro atoms. The van der Waals surface area contributed by atoms with Crippen LogP contribution in [-0.4, -0.2) is 106 Å². The number of hydrogen-bond donors (Lipinski definition) is 0. The Morgan fingerprint density at radius 1 is 0.211 bits per heavy atom. The van der Waals surface area contributed by atoms with Gasteiger partial charge >= 0.3 is 52.1 Å². The molecule has 324 valence electrons. The molecule has 0 aliphatic rings. The SMILES string of the molecule is CCCC(=O)[O-].CCCC(=O)[O-].CCCC(=O)[O-].CCCC(=O)[O-].CCCC(=O)[O-].CCCC(=O)[O-].CCCC(=O)[O-].CCCC(=O)[O-].CCCC(=O)[O-].[Al+3].[Al+3].[Al+3]. The van der Waals surface area contributed by atoms with Crippen LogP contribution in [0, 0.1) is 0 Å². The fraction of sp³-hybridized carbons (Fsp3) is 0.750. The summed E-state index contributed by atoms with van der Waals surface area (Å²) >= 11 is 0. The molecule has 0 aromatic heterocycles. The third-order valence-corrected chi connectivity index (χ3v) is 4.09. The number of hydrogen-bond acceptors (Lipinski definition) is 18. The maximum absolute atomic E-state index is 9.49. The Bertz CT molecular complexity index is 691. The fourth-order valence-corrected chi connectivity index (χ4v) is 1.84. The van der Waals surface area contributed by atoms with Crippen LogP contribution in [0.3, 0.4) is 0 Å². The van der Waals surface area contributed by atoms with Gasteiger partial charge in [-0.25, -0.2) is 0 Å². The third kappa shape index (κ3) is 240. The monoisotopic (exact) mass is 864 g/mol. The Balaban J connectivity index is -0.0000000397. The molecule has 0 aromatic rings. The van der Waals surface area contributed by atoms with Crippen molar-refractivity contribution >= 4 is 106 Å². The molecule has 0 fully saturated rings. The van der Waals surface area contributed by atoms with Crippen LogP contribution in [0.1, 0.15) is 178 Å². The molecule has 21 heteroatoms. The summed E-state index contributed by atoms with van der Waals surface area (Å²) in [7, 11) is 0. The van der Waals surface area contributed by atoms with E-state index in [1.54, 1.807) is 62.3 Å². The second-order valence-corrected chi connectivity index (χ2v) is 10.1. The minimum Gasteiger partial charge on any atom is -0.550 e. The van der Waals surface area contributed by atoms with Gasteiger partial charge in [-0.15, -0.1) is 0 Å². The van der Waals surface area contributed by atoms with Gasteiger partial charge in [-0.05, 0) is 57.8 Å². The fourth-order valence-electron chi connectivity index (χ4n) is 1.84. The molecular weight excluding hydrogens is 801 g/mol. The van der Waals surface area contributed by atoms with Crippen LogP contribution in [0.4, 0.5) is 0 Å². The van der Waals surface area contributed by atoms with E-state index in [1.807, 2.05) is 0 Å². The van der Waals surface area contributed by atoms with Crippen LogP contribution in [0.2, 0.25) is 0 Å². The molecule has 0 atom stereocenters. The normalized spacial score (nSPS) is 7.74. The molecule has 0 N–H and O–H groups in total. The summed E-state index contributed by atoms with van der Waals surface area (Å²) in [4.78, 5) is 85.4. The average molecular weight is 865 g/mol. The summed E-state index contributed by atoms with van der Waals surface area (Å²) in [6.45, 7) is 16.2. The number of aliphatic carboxylic acids is 9. The van der Waals surface area contributed by atoms with E-state index in [0.29, 0.717) is 57.8 Å².